The van der Waals surface area contributed by atoms with Crippen molar-refractivity contribution in [2.75, 3.05) is 26.3 Å². The third kappa shape index (κ3) is 3.83. The zero-order valence-corrected chi connectivity index (χ0v) is 14.4. The molecule has 0 bridgehead atoms. The second-order valence-corrected chi connectivity index (χ2v) is 8.59. The Labute approximate surface area is 135 Å². The monoisotopic (exact) mass is 308 g/mol. The van der Waals surface area contributed by atoms with E-state index in [0.29, 0.717) is 29.3 Å². The molecule has 0 aromatic rings. The molecule has 2 atom stereocenters. The maximum absolute atomic E-state index is 12.6. The van der Waals surface area contributed by atoms with E-state index in [4.69, 9.17) is 4.74 Å². The van der Waals surface area contributed by atoms with Crippen LogP contribution in [-0.4, -0.2) is 49.2 Å². The van der Waals surface area contributed by atoms with Crippen LogP contribution in [0.4, 0.5) is 0 Å². The van der Waals surface area contributed by atoms with Gasteiger partial charge in [0.05, 0.1) is 13.2 Å². The first-order valence-corrected chi connectivity index (χ1v) is 9.05. The maximum atomic E-state index is 12.6. The quantitative estimate of drug-likeness (QED) is 0.870. The number of morpholine rings is 1. The van der Waals surface area contributed by atoms with Gasteiger partial charge in [0.1, 0.15) is 0 Å². The molecule has 2 unspecified atom stereocenters. The Morgan fingerprint density at radius 3 is 2.45 bits per heavy atom. The lowest BCUT2D eigenvalue weighted by atomic mass is 9.67. The molecule has 4 nitrogen and oxygen atoms in total. The Morgan fingerprint density at radius 2 is 1.82 bits per heavy atom. The lowest BCUT2D eigenvalue weighted by Gasteiger charge is -2.45. The van der Waals surface area contributed by atoms with Crippen LogP contribution in [0, 0.1) is 17.3 Å². The van der Waals surface area contributed by atoms with Gasteiger partial charge < -0.3 is 10.1 Å². The molecule has 1 amide bonds. The highest BCUT2D eigenvalue weighted by molar-refractivity contribution is 5.79. The van der Waals surface area contributed by atoms with Gasteiger partial charge in [-0.3, -0.25) is 9.69 Å². The van der Waals surface area contributed by atoms with Crippen LogP contribution >= 0.6 is 0 Å². The fourth-order valence-corrected chi connectivity index (χ4v) is 4.81. The fourth-order valence-electron chi connectivity index (χ4n) is 4.81. The zero-order valence-electron chi connectivity index (χ0n) is 14.4. The van der Waals surface area contributed by atoms with E-state index in [-0.39, 0.29) is 5.92 Å². The van der Waals surface area contributed by atoms with Crippen LogP contribution < -0.4 is 5.32 Å². The standard InChI is InChI=1S/C18H32N2O2/c1-13-8-14(12-18(2,3)11-13)17(21)19-15-9-16(10-15)20-4-6-22-7-5-20/h13-16H,4-12H2,1-3H3,(H,19,21). The number of carbonyl (C=O) groups excluding carboxylic acids is 1. The zero-order chi connectivity index (χ0) is 15.7. The van der Waals surface area contributed by atoms with Crippen LogP contribution in [0.2, 0.25) is 0 Å². The molecule has 4 heteroatoms. The van der Waals surface area contributed by atoms with Crippen molar-refractivity contribution < 1.29 is 9.53 Å². The number of ether oxygens (including phenoxy) is 1. The summed E-state index contributed by atoms with van der Waals surface area (Å²) in [4.78, 5) is 15.1. The second-order valence-electron chi connectivity index (χ2n) is 8.59. The Balaban J connectivity index is 1.43. The number of rotatable bonds is 3. The molecule has 0 aromatic heterocycles. The molecule has 3 rings (SSSR count). The van der Waals surface area contributed by atoms with Crippen molar-refractivity contribution in [2.24, 2.45) is 17.3 Å². The van der Waals surface area contributed by atoms with Crippen molar-refractivity contribution in [1.82, 2.24) is 10.2 Å². The fraction of sp³-hybridized carbons (Fsp3) is 0.944. The van der Waals surface area contributed by atoms with Gasteiger partial charge in [-0.2, -0.15) is 0 Å². The first kappa shape index (κ1) is 16.3. The molecular weight excluding hydrogens is 276 g/mol. The smallest absolute Gasteiger partial charge is 0.223 e. The molecule has 2 saturated carbocycles. The van der Waals surface area contributed by atoms with Gasteiger partial charge in [0.25, 0.3) is 0 Å². The molecule has 1 aliphatic heterocycles. The molecule has 3 fully saturated rings. The summed E-state index contributed by atoms with van der Waals surface area (Å²) in [7, 11) is 0. The predicted octanol–water partition coefficient (Wildman–Crippen LogP) is 2.43. The van der Waals surface area contributed by atoms with Crippen molar-refractivity contribution in [2.45, 2.75) is 65.0 Å². The topological polar surface area (TPSA) is 41.6 Å². The average molecular weight is 308 g/mol. The van der Waals surface area contributed by atoms with Crippen molar-refractivity contribution in [1.29, 1.82) is 0 Å². The number of nitrogens with one attached hydrogen (secondary N) is 1. The summed E-state index contributed by atoms with van der Waals surface area (Å²) in [6.07, 6.45) is 5.60. The number of carbonyl (C=O) groups is 1. The van der Waals surface area contributed by atoms with Gasteiger partial charge in [-0.05, 0) is 43.4 Å². The number of nitrogens with zero attached hydrogens (tertiary/aromatic N) is 1. The van der Waals surface area contributed by atoms with Gasteiger partial charge in [0, 0.05) is 31.1 Å². The van der Waals surface area contributed by atoms with Crippen LogP contribution in [0.25, 0.3) is 0 Å². The van der Waals surface area contributed by atoms with Crippen molar-refractivity contribution >= 4 is 5.91 Å². The summed E-state index contributed by atoms with van der Waals surface area (Å²) in [5.41, 5.74) is 0.315. The molecule has 1 N–H and O–H groups in total. The highest BCUT2D eigenvalue weighted by Crippen LogP contribution is 2.42. The minimum absolute atomic E-state index is 0.223. The minimum atomic E-state index is 0.223. The largest absolute Gasteiger partial charge is 0.379 e. The lowest BCUT2D eigenvalue weighted by Crippen LogP contribution is -2.57. The van der Waals surface area contributed by atoms with Crippen molar-refractivity contribution in [3.05, 3.63) is 0 Å². The maximum Gasteiger partial charge on any atom is 0.223 e. The minimum Gasteiger partial charge on any atom is -0.379 e. The Morgan fingerprint density at radius 1 is 1.14 bits per heavy atom. The number of hydrogen-bond acceptors (Lipinski definition) is 3. The first-order valence-electron chi connectivity index (χ1n) is 9.05. The van der Waals surface area contributed by atoms with Gasteiger partial charge in [-0.25, -0.2) is 0 Å². The molecule has 1 saturated heterocycles. The van der Waals surface area contributed by atoms with Crippen LogP contribution in [0.15, 0.2) is 0 Å². The Kier molecular flexibility index (Phi) is 4.79. The van der Waals surface area contributed by atoms with Crippen molar-refractivity contribution in [3.8, 4) is 0 Å². The van der Waals surface area contributed by atoms with Gasteiger partial charge >= 0.3 is 0 Å². The van der Waals surface area contributed by atoms with Crippen molar-refractivity contribution in [3.63, 3.8) is 0 Å². The molecule has 0 aromatic carbocycles. The third-order valence-corrected chi connectivity index (χ3v) is 5.78. The normalized spacial score (nSPS) is 39.0. The summed E-state index contributed by atoms with van der Waals surface area (Å²) < 4.78 is 5.41. The summed E-state index contributed by atoms with van der Waals surface area (Å²) in [6, 6.07) is 1.07. The molecule has 0 spiro atoms. The summed E-state index contributed by atoms with van der Waals surface area (Å²) in [6.45, 7) is 10.7. The molecular formula is C18H32N2O2. The molecule has 22 heavy (non-hydrogen) atoms. The van der Waals surface area contributed by atoms with E-state index in [9.17, 15) is 4.79 Å². The van der Waals surface area contributed by atoms with E-state index in [1.807, 2.05) is 0 Å². The number of amides is 1. The lowest BCUT2D eigenvalue weighted by molar-refractivity contribution is -0.130. The van der Waals surface area contributed by atoms with E-state index in [2.05, 4.69) is 31.0 Å². The second kappa shape index (κ2) is 6.48. The summed E-state index contributed by atoms with van der Waals surface area (Å²) >= 11 is 0. The van der Waals surface area contributed by atoms with Gasteiger partial charge in [-0.15, -0.1) is 0 Å². The Bertz CT molecular complexity index is 398. The highest BCUT2D eigenvalue weighted by atomic mass is 16.5. The first-order chi connectivity index (χ1) is 10.4. The van der Waals surface area contributed by atoms with Crippen LogP contribution in [0.3, 0.4) is 0 Å². The van der Waals surface area contributed by atoms with Gasteiger partial charge in [-0.1, -0.05) is 20.8 Å². The van der Waals surface area contributed by atoms with E-state index in [1.165, 1.54) is 6.42 Å². The molecule has 0 radical (unpaired) electrons. The third-order valence-electron chi connectivity index (χ3n) is 5.78. The van der Waals surface area contributed by atoms with Crippen LogP contribution in [-0.2, 0) is 9.53 Å². The molecule has 2 aliphatic carbocycles. The van der Waals surface area contributed by atoms with Gasteiger partial charge in [0.2, 0.25) is 5.91 Å². The molecule has 126 valence electrons. The molecule has 1 heterocycles. The highest BCUT2D eigenvalue weighted by Gasteiger charge is 2.39. The van der Waals surface area contributed by atoms with Crippen LogP contribution in [0.1, 0.15) is 52.9 Å². The number of hydrogen-bond donors (Lipinski definition) is 1. The van der Waals surface area contributed by atoms with E-state index in [1.54, 1.807) is 0 Å². The van der Waals surface area contributed by atoms with E-state index >= 15 is 0 Å². The average Bonchev–Trinajstić information content (AvgIpc) is 2.40. The predicted molar refractivity (Wildman–Crippen MR) is 87.6 cm³/mol. The summed E-state index contributed by atoms with van der Waals surface area (Å²) in [5.74, 6) is 1.20. The summed E-state index contributed by atoms with van der Waals surface area (Å²) in [5, 5.41) is 3.32. The van der Waals surface area contributed by atoms with Gasteiger partial charge in [0.15, 0.2) is 0 Å². The van der Waals surface area contributed by atoms with Crippen LogP contribution in [0.5, 0.6) is 0 Å². The van der Waals surface area contributed by atoms with E-state index in [0.717, 1.165) is 52.0 Å². The Hall–Kier alpha value is -0.610. The van der Waals surface area contributed by atoms with E-state index < -0.39 is 0 Å². The molecule has 3 aliphatic rings. The SMILES string of the molecule is CC1CC(C(=O)NC2CC(N3CCOCC3)C2)CC(C)(C)C1.